The van der Waals surface area contributed by atoms with Gasteiger partial charge in [-0.05, 0) is 56.1 Å². The quantitative estimate of drug-likeness (QED) is 0.547. The van der Waals surface area contributed by atoms with Crippen LogP contribution in [0.4, 0.5) is 11.4 Å². The Kier molecular flexibility index (Phi) is 7.74. The second kappa shape index (κ2) is 10.0. The maximum absolute atomic E-state index is 13.2. The number of likely N-dealkylation sites (N-methyl/N-ethyl adjacent to an activating group) is 1. The monoisotopic (exact) mass is 512 g/mol. The Morgan fingerprint density at radius 2 is 1.67 bits per heavy atom. The number of piperazine rings is 1. The van der Waals surface area contributed by atoms with Gasteiger partial charge in [0, 0.05) is 38.0 Å². The van der Waals surface area contributed by atoms with Crippen molar-refractivity contribution in [3.8, 4) is 0 Å². The van der Waals surface area contributed by atoms with Gasteiger partial charge in [-0.15, -0.1) is 11.8 Å². The summed E-state index contributed by atoms with van der Waals surface area (Å²) in [7, 11) is -5.86. The molecule has 0 atom stereocenters. The smallest absolute Gasteiger partial charge is 0.261 e. The summed E-state index contributed by atoms with van der Waals surface area (Å²) in [4.78, 5) is 14.3. The van der Waals surface area contributed by atoms with Crippen LogP contribution >= 0.6 is 11.8 Å². The van der Waals surface area contributed by atoms with Crippen molar-refractivity contribution in [1.29, 1.82) is 0 Å². The molecular weight excluding hydrogens is 484 g/mol. The van der Waals surface area contributed by atoms with Crippen LogP contribution in [-0.2, 0) is 24.8 Å². The molecule has 180 valence electrons. The van der Waals surface area contributed by atoms with Gasteiger partial charge in [0.25, 0.3) is 10.0 Å². The zero-order valence-corrected chi connectivity index (χ0v) is 21.4. The summed E-state index contributed by atoms with van der Waals surface area (Å²) in [6.07, 6.45) is 1.82. The average molecular weight is 513 g/mol. The van der Waals surface area contributed by atoms with Gasteiger partial charge >= 0.3 is 0 Å². The van der Waals surface area contributed by atoms with E-state index in [2.05, 4.69) is 14.9 Å². The number of nitrogens with zero attached hydrogens (tertiary/aromatic N) is 2. The molecule has 2 N–H and O–H groups in total. The third-order valence-corrected chi connectivity index (χ3v) is 9.53. The van der Waals surface area contributed by atoms with Crippen molar-refractivity contribution < 1.29 is 21.6 Å². The molecule has 33 heavy (non-hydrogen) atoms. The first-order valence-electron chi connectivity index (χ1n) is 10.2. The van der Waals surface area contributed by atoms with E-state index in [1.54, 1.807) is 19.1 Å². The van der Waals surface area contributed by atoms with Gasteiger partial charge in [-0.25, -0.2) is 16.8 Å². The van der Waals surface area contributed by atoms with E-state index in [1.165, 1.54) is 47.3 Å². The summed E-state index contributed by atoms with van der Waals surface area (Å²) in [6.45, 7) is 5.05. The molecule has 0 saturated carbocycles. The van der Waals surface area contributed by atoms with Gasteiger partial charge in [0.05, 0.1) is 21.2 Å². The number of benzene rings is 2. The minimum absolute atomic E-state index is 0.0481. The molecule has 0 radical (unpaired) electrons. The Hall–Kier alpha value is -2.12. The SMILES string of the molecule is CSc1ccc(S(=O)(=O)Nc2ccc(C)c(S(=O)(=O)N3CCN(C)CC3)c2)cc1NC(C)=O. The Labute approximate surface area is 199 Å². The first-order chi connectivity index (χ1) is 15.4. The van der Waals surface area contributed by atoms with Gasteiger partial charge in [0.15, 0.2) is 0 Å². The lowest BCUT2D eigenvalue weighted by Crippen LogP contribution is -2.47. The highest BCUT2D eigenvalue weighted by Crippen LogP contribution is 2.30. The topological polar surface area (TPSA) is 116 Å². The average Bonchev–Trinajstić information content (AvgIpc) is 2.74. The number of sulfonamides is 2. The number of thioether (sulfide) groups is 1. The van der Waals surface area contributed by atoms with Gasteiger partial charge in [0.1, 0.15) is 0 Å². The maximum Gasteiger partial charge on any atom is 0.261 e. The van der Waals surface area contributed by atoms with Crippen molar-refractivity contribution >= 4 is 49.1 Å². The highest BCUT2D eigenvalue weighted by molar-refractivity contribution is 7.98. The van der Waals surface area contributed by atoms with Gasteiger partial charge in [-0.1, -0.05) is 6.07 Å². The Morgan fingerprint density at radius 3 is 2.27 bits per heavy atom. The Bertz CT molecular complexity index is 1250. The second-order valence-electron chi connectivity index (χ2n) is 7.84. The van der Waals surface area contributed by atoms with E-state index in [0.29, 0.717) is 37.4 Å². The number of hydrogen-bond donors (Lipinski definition) is 2. The van der Waals surface area contributed by atoms with Gasteiger partial charge < -0.3 is 10.2 Å². The number of carbonyl (C=O) groups is 1. The van der Waals surface area contributed by atoms with E-state index in [9.17, 15) is 21.6 Å². The van der Waals surface area contributed by atoms with Gasteiger partial charge in [0.2, 0.25) is 15.9 Å². The zero-order chi connectivity index (χ0) is 24.4. The van der Waals surface area contributed by atoms with Crippen LogP contribution in [0.1, 0.15) is 12.5 Å². The maximum atomic E-state index is 13.2. The fraction of sp³-hybridized carbons (Fsp3) is 0.381. The molecule has 0 bridgehead atoms. The third-order valence-electron chi connectivity index (χ3n) is 5.31. The molecule has 1 heterocycles. The van der Waals surface area contributed by atoms with Crippen molar-refractivity contribution in [1.82, 2.24) is 9.21 Å². The first kappa shape index (κ1) is 25.5. The van der Waals surface area contributed by atoms with Crippen LogP contribution in [0.3, 0.4) is 0 Å². The Balaban J connectivity index is 1.92. The van der Waals surface area contributed by atoms with E-state index < -0.39 is 20.0 Å². The molecule has 1 amide bonds. The van der Waals surface area contributed by atoms with Crippen LogP contribution < -0.4 is 10.0 Å². The van der Waals surface area contributed by atoms with Crippen molar-refractivity contribution in [3.63, 3.8) is 0 Å². The molecule has 1 fully saturated rings. The largest absolute Gasteiger partial charge is 0.325 e. The van der Waals surface area contributed by atoms with Crippen molar-refractivity contribution in [2.24, 2.45) is 0 Å². The lowest BCUT2D eigenvalue weighted by Gasteiger charge is -2.32. The molecular formula is C21H28N4O5S3. The van der Waals surface area contributed by atoms with Crippen molar-refractivity contribution in [2.45, 2.75) is 28.5 Å². The number of anilines is 2. The predicted octanol–water partition coefficient (Wildman–Crippen LogP) is 2.41. The van der Waals surface area contributed by atoms with Crippen molar-refractivity contribution in [2.75, 3.05) is 49.5 Å². The van der Waals surface area contributed by atoms with E-state index >= 15 is 0 Å². The van der Waals surface area contributed by atoms with E-state index in [-0.39, 0.29) is 21.4 Å². The van der Waals surface area contributed by atoms with Crippen LogP contribution in [0.5, 0.6) is 0 Å². The van der Waals surface area contributed by atoms with E-state index in [0.717, 1.165) is 4.90 Å². The van der Waals surface area contributed by atoms with Crippen LogP contribution in [-0.4, -0.2) is 71.4 Å². The predicted molar refractivity (Wildman–Crippen MR) is 131 cm³/mol. The fourth-order valence-electron chi connectivity index (χ4n) is 3.46. The van der Waals surface area contributed by atoms with E-state index in [4.69, 9.17) is 0 Å². The van der Waals surface area contributed by atoms with Gasteiger partial charge in [-0.2, -0.15) is 4.31 Å². The molecule has 12 heteroatoms. The summed E-state index contributed by atoms with van der Waals surface area (Å²) in [5, 5.41) is 2.64. The molecule has 0 aliphatic carbocycles. The highest BCUT2D eigenvalue weighted by atomic mass is 32.2. The minimum atomic E-state index is -4.03. The molecule has 2 aromatic rings. The molecule has 0 aromatic heterocycles. The van der Waals surface area contributed by atoms with Gasteiger partial charge in [-0.3, -0.25) is 9.52 Å². The zero-order valence-electron chi connectivity index (χ0n) is 19.0. The van der Waals surface area contributed by atoms with Crippen molar-refractivity contribution in [3.05, 3.63) is 42.0 Å². The number of aryl methyl sites for hydroxylation is 1. The van der Waals surface area contributed by atoms with Crippen LogP contribution in [0, 0.1) is 6.92 Å². The van der Waals surface area contributed by atoms with Crippen LogP contribution in [0.2, 0.25) is 0 Å². The van der Waals surface area contributed by atoms with Crippen LogP contribution in [0.15, 0.2) is 51.1 Å². The molecule has 0 spiro atoms. The van der Waals surface area contributed by atoms with E-state index in [1.807, 2.05) is 13.3 Å². The highest BCUT2D eigenvalue weighted by Gasteiger charge is 2.29. The minimum Gasteiger partial charge on any atom is -0.325 e. The molecule has 1 saturated heterocycles. The number of hydrogen-bond acceptors (Lipinski definition) is 7. The second-order valence-corrected chi connectivity index (χ2v) is 12.3. The third kappa shape index (κ3) is 5.87. The standard InChI is InChI=1S/C21H28N4O5S3/c1-15-5-6-17(13-21(15)33(29,30)25-11-9-24(3)10-12-25)23-32(27,28)18-7-8-20(31-4)19(14-18)22-16(2)26/h5-8,13-14,23H,9-12H2,1-4H3,(H,22,26). The summed E-state index contributed by atoms with van der Waals surface area (Å²) >= 11 is 1.38. The fourth-order valence-corrected chi connectivity index (χ4v) is 6.75. The lowest BCUT2D eigenvalue weighted by atomic mass is 10.2. The number of carbonyl (C=O) groups excluding carboxylic acids is 1. The molecule has 1 aliphatic rings. The first-order valence-corrected chi connectivity index (χ1v) is 14.4. The number of nitrogens with one attached hydrogen (secondary N) is 2. The summed E-state index contributed by atoms with van der Waals surface area (Å²) < 4.78 is 56.4. The molecule has 9 nitrogen and oxygen atoms in total. The lowest BCUT2D eigenvalue weighted by molar-refractivity contribution is -0.114. The Morgan fingerprint density at radius 1 is 1.00 bits per heavy atom. The normalized spacial score (nSPS) is 15.9. The number of amides is 1. The molecule has 0 unspecified atom stereocenters. The number of rotatable bonds is 7. The molecule has 2 aromatic carbocycles. The summed E-state index contributed by atoms with van der Waals surface area (Å²) in [5.74, 6) is -0.315. The summed E-state index contributed by atoms with van der Waals surface area (Å²) in [5.41, 5.74) is 1.07. The molecule has 3 rings (SSSR count). The summed E-state index contributed by atoms with van der Waals surface area (Å²) in [6, 6.07) is 8.90. The van der Waals surface area contributed by atoms with Crippen LogP contribution in [0.25, 0.3) is 0 Å². The molecule has 1 aliphatic heterocycles.